The Bertz CT molecular complexity index is 827. The summed E-state index contributed by atoms with van der Waals surface area (Å²) in [5.41, 5.74) is 0. The number of carbonyl (C=O) groups excluding carboxylic acids is 3. The van der Waals surface area contributed by atoms with Gasteiger partial charge < -0.3 is 23.7 Å². The van der Waals surface area contributed by atoms with Gasteiger partial charge in [-0.25, -0.2) is 4.79 Å². The van der Waals surface area contributed by atoms with Crippen molar-refractivity contribution < 1.29 is 38.1 Å². The largest absolute Gasteiger partial charge is 0.494 e. The lowest BCUT2D eigenvalue weighted by Crippen LogP contribution is -2.29. The highest BCUT2D eigenvalue weighted by Gasteiger charge is 2.31. The quantitative estimate of drug-likeness (QED) is 0.0952. The summed E-state index contributed by atoms with van der Waals surface area (Å²) < 4.78 is 26.7. The van der Waals surface area contributed by atoms with Crippen molar-refractivity contribution in [2.75, 3.05) is 33.5 Å². The molecule has 1 aliphatic carbocycles. The van der Waals surface area contributed by atoms with Crippen molar-refractivity contribution in [3.63, 3.8) is 0 Å². The van der Waals surface area contributed by atoms with E-state index in [9.17, 15) is 14.4 Å². The number of esters is 3. The summed E-state index contributed by atoms with van der Waals surface area (Å²) in [4.78, 5) is 35.9. The highest BCUT2D eigenvalue weighted by atomic mass is 16.5. The SMILES string of the molecule is C=CC(=O)OCCCCCCOc1ccc(OC(=O)C2CCC(C(=O)OCCCCCCOC)CC2)cc1. The second kappa shape index (κ2) is 19.2. The third-order valence-corrected chi connectivity index (χ3v) is 6.64. The highest BCUT2D eigenvalue weighted by molar-refractivity contribution is 5.81. The number of hydrogen-bond acceptors (Lipinski definition) is 8. The Kier molecular flexibility index (Phi) is 15.9. The molecule has 0 atom stereocenters. The van der Waals surface area contributed by atoms with Gasteiger partial charge in [-0.05, 0) is 94.9 Å². The van der Waals surface area contributed by atoms with Crippen LogP contribution in [0.1, 0.15) is 77.0 Å². The van der Waals surface area contributed by atoms with Crippen molar-refractivity contribution in [2.45, 2.75) is 77.0 Å². The number of ether oxygens (including phenoxy) is 5. The van der Waals surface area contributed by atoms with E-state index in [2.05, 4.69) is 6.58 Å². The Morgan fingerprint density at radius 1 is 0.711 bits per heavy atom. The van der Waals surface area contributed by atoms with Crippen LogP contribution in [0.15, 0.2) is 36.9 Å². The summed E-state index contributed by atoms with van der Waals surface area (Å²) in [6.07, 6.45) is 11.4. The summed E-state index contributed by atoms with van der Waals surface area (Å²) in [5.74, 6) is 0.110. The van der Waals surface area contributed by atoms with Crippen LogP contribution in [0.2, 0.25) is 0 Å². The van der Waals surface area contributed by atoms with Crippen molar-refractivity contribution in [1.82, 2.24) is 0 Å². The van der Waals surface area contributed by atoms with Crippen molar-refractivity contribution in [2.24, 2.45) is 11.8 Å². The maximum atomic E-state index is 12.6. The van der Waals surface area contributed by atoms with Crippen molar-refractivity contribution in [1.29, 1.82) is 0 Å². The molecule has 0 aromatic heterocycles. The molecular weight excluding hydrogens is 488 g/mol. The molecule has 2 rings (SSSR count). The second-order valence-electron chi connectivity index (χ2n) is 9.65. The van der Waals surface area contributed by atoms with E-state index >= 15 is 0 Å². The molecule has 1 aromatic carbocycles. The fourth-order valence-corrected chi connectivity index (χ4v) is 4.34. The van der Waals surface area contributed by atoms with E-state index in [1.54, 1.807) is 31.4 Å². The summed E-state index contributed by atoms with van der Waals surface area (Å²) in [6.45, 7) is 5.59. The van der Waals surface area contributed by atoms with Gasteiger partial charge in [0.25, 0.3) is 0 Å². The number of methoxy groups -OCH3 is 1. The van der Waals surface area contributed by atoms with Crippen LogP contribution in [0.4, 0.5) is 0 Å². The maximum absolute atomic E-state index is 12.6. The topological polar surface area (TPSA) is 97.4 Å². The van der Waals surface area contributed by atoms with Crippen LogP contribution in [0.3, 0.4) is 0 Å². The van der Waals surface area contributed by atoms with Crippen LogP contribution < -0.4 is 9.47 Å². The molecule has 1 aromatic rings. The average molecular weight is 533 g/mol. The zero-order valence-corrected chi connectivity index (χ0v) is 22.8. The minimum absolute atomic E-state index is 0.126. The van der Waals surface area contributed by atoms with Gasteiger partial charge in [-0.15, -0.1) is 0 Å². The molecule has 212 valence electrons. The molecule has 0 aliphatic heterocycles. The van der Waals surface area contributed by atoms with Gasteiger partial charge in [-0.1, -0.05) is 13.0 Å². The Hall–Kier alpha value is -2.87. The van der Waals surface area contributed by atoms with E-state index in [1.807, 2.05) is 0 Å². The van der Waals surface area contributed by atoms with Gasteiger partial charge in [0.05, 0.1) is 31.7 Å². The molecule has 0 spiro atoms. The minimum atomic E-state index is -0.386. The van der Waals surface area contributed by atoms with Crippen LogP contribution in [-0.2, 0) is 28.6 Å². The molecule has 0 bridgehead atoms. The molecule has 0 saturated heterocycles. The van der Waals surface area contributed by atoms with E-state index < -0.39 is 0 Å². The van der Waals surface area contributed by atoms with Crippen LogP contribution in [-0.4, -0.2) is 51.4 Å². The van der Waals surface area contributed by atoms with Gasteiger partial charge in [0.2, 0.25) is 0 Å². The van der Waals surface area contributed by atoms with Gasteiger partial charge >= 0.3 is 17.9 Å². The van der Waals surface area contributed by atoms with Gasteiger partial charge in [0.15, 0.2) is 0 Å². The third-order valence-electron chi connectivity index (χ3n) is 6.64. The molecule has 0 heterocycles. The normalized spacial score (nSPS) is 16.9. The van der Waals surface area contributed by atoms with Gasteiger partial charge in [-0.3, -0.25) is 9.59 Å². The maximum Gasteiger partial charge on any atom is 0.330 e. The summed E-state index contributed by atoms with van der Waals surface area (Å²) in [6, 6.07) is 7.06. The lowest BCUT2D eigenvalue weighted by atomic mass is 9.82. The summed E-state index contributed by atoms with van der Waals surface area (Å²) >= 11 is 0. The van der Waals surface area contributed by atoms with Crippen molar-refractivity contribution >= 4 is 17.9 Å². The molecule has 38 heavy (non-hydrogen) atoms. The zero-order valence-electron chi connectivity index (χ0n) is 22.8. The number of hydrogen-bond donors (Lipinski definition) is 0. The third kappa shape index (κ3) is 13.1. The van der Waals surface area contributed by atoms with E-state index in [0.717, 1.165) is 63.7 Å². The lowest BCUT2D eigenvalue weighted by Gasteiger charge is -2.25. The Morgan fingerprint density at radius 3 is 1.79 bits per heavy atom. The molecule has 0 unspecified atom stereocenters. The summed E-state index contributed by atoms with van der Waals surface area (Å²) in [5, 5.41) is 0. The monoisotopic (exact) mass is 532 g/mol. The Labute approximate surface area is 227 Å². The Morgan fingerprint density at radius 2 is 1.21 bits per heavy atom. The van der Waals surface area contributed by atoms with E-state index in [1.165, 1.54) is 6.08 Å². The van der Waals surface area contributed by atoms with Gasteiger partial charge in [-0.2, -0.15) is 0 Å². The standard InChI is InChI=1S/C30H44O8/c1-3-28(31)36-22-10-7-6-9-21-35-26-16-18-27(19-17-26)38-30(33)25-14-12-24(13-15-25)29(32)37-23-11-5-4-8-20-34-2/h3,16-19,24-25H,1,4-15,20-23H2,2H3. The molecule has 0 radical (unpaired) electrons. The fraction of sp³-hybridized carbons (Fsp3) is 0.633. The molecule has 1 aliphatic rings. The first-order valence-electron chi connectivity index (χ1n) is 13.9. The Balaban J connectivity index is 1.55. The number of unbranched alkanes of at least 4 members (excludes halogenated alkanes) is 6. The summed E-state index contributed by atoms with van der Waals surface area (Å²) in [7, 11) is 1.70. The predicted octanol–water partition coefficient (Wildman–Crippen LogP) is 5.82. The minimum Gasteiger partial charge on any atom is -0.494 e. The number of carbonyl (C=O) groups is 3. The van der Waals surface area contributed by atoms with E-state index in [4.69, 9.17) is 23.7 Å². The molecule has 0 amide bonds. The smallest absolute Gasteiger partial charge is 0.330 e. The van der Waals surface area contributed by atoms with Crippen LogP contribution in [0, 0.1) is 11.8 Å². The predicted molar refractivity (Wildman–Crippen MR) is 144 cm³/mol. The average Bonchev–Trinajstić information content (AvgIpc) is 2.94. The van der Waals surface area contributed by atoms with E-state index in [0.29, 0.717) is 51.3 Å². The van der Waals surface area contributed by atoms with E-state index in [-0.39, 0.29) is 29.7 Å². The molecule has 8 nitrogen and oxygen atoms in total. The van der Waals surface area contributed by atoms with Crippen molar-refractivity contribution in [3.05, 3.63) is 36.9 Å². The number of benzene rings is 1. The lowest BCUT2D eigenvalue weighted by molar-refractivity contribution is -0.152. The first-order valence-corrected chi connectivity index (χ1v) is 13.9. The van der Waals surface area contributed by atoms with Crippen molar-refractivity contribution in [3.8, 4) is 11.5 Å². The second-order valence-corrected chi connectivity index (χ2v) is 9.65. The first kappa shape index (κ1) is 31.3. The molecule has 1 saturated carbocycles. The molecule has 0 N–H and O–H groups in total. The first-order chi connectivity index (χ1) is 18.5. The zero-order chi connectivity index (χ0) is 27.4. The van der Waals surface area contributed by atoms with Gasteiger partial charge in [0.1, 0.15) is 11.5 Å². The molecule has 8 heteroatoms. The molecular formula is C30H44O8. The van der Waals surface area contributed by atoms with Crippen LogP contribution in [0.5, 0.6) is 11.5 Å². The van der Waals surface area contributed by atoms with Gasteiger partial charge in [0, 0.05) is 19.8 Å². The van der Waals surface area contributed by atoms with Crippen LogP contribution >= 0.6 is 0 Å². The highest BCUT2D eigenvalue weighted by Crippen LogP contribution is 2.31. The number of rotatable bonds is 19. The fourth-order valence-electron chi connectivity index (χ4n) is 4.34. The van der Waals surface area contributed by atoms with Crippen LogP contribution in [0.25, 0.3) is 0 Å². The molecule has 1 fully saturated rings.